The Hall–Kier alpha value is -1.13. The van der Waals surface area contributed by atoms with Gasteiger partial charge in [-0.15, -0.1) is 0 Å². The summed E-state index contributed by atoms with van der Waals surface area (Å²) in [6.07, 6.45) is 4.93. The second-order valence-corrected chi connectivity index (χ2v) is 5.67. The Morgan fingerprint density at radius 3 is 2.79 bits per heavy atom. The summed E-state index contributed by atoms with van der Waals surface area (Å²) in [7, 11) is 2.13. The van der Waals surface area contributed by atoms with Crippen LogP contribution in [0.3, 0.4) is 0 Å². The van der Waals surface area contributed by atoms with Crippen LogP contribution in [-0.4, -0.2) is 41.2 Å². The van der Waals surface area contributed by atoms with Crippen LogP contribution in [0, 0.1) is 5.92 Å². The van der Waals surface area contributed by atoms with E-state index < -0.39 is 0 Å². The SMILES string of the molecule is CCCNc1ccc(CN(C)CC2CC(O)C2)cn1. The molecule has 0 atom stereocenters. The molecule has 0 saturated heterocycles. The molecule has 1 heterocycles. The molecular weight excluding hydrogens is 238 g/mol. The van der Waals surface area contributed by atoms with Gasteiger partial charge in [0.2, 0.25) is 0 Å². The number of hydrogen-bond donors (Lipinski definition) is 2. The van der Waals surface area contributed by atoms with E-state index in [0.717, 1.165) is 44.7 Å². The van der Waals surface area contributed by atoms with Gasteiger partial charge in [-0.1, -0.05) is 13.0 Å². The van der Waals surface area contributed by atoms with Gasteiger partial charge in [0.15, 0.2) is 0 Å². The molecule has 1 fully saturated rings. The fourth-order valence-corrected chi connectivity index (χ4v) is 2.54. The first kappa shape index (κ1) is 14.3. The predicted octanol–water partition coefficient (Wildman–Crippen LogP) is 2.11. The Morgan fingerprint density at radius 1 is 1.42 bits per heavy atom. The van der Waals surface area contributed by atoms with Gasteiger partial charge in [0.05, 0.1) is 6.10 Å². The van der Waals surface area contributed by atoms with E-state index in [1.54, 1.807) is 0 Å². The van der Waals surface area contributed by atoms with Crippen LogP contribution in [0.2, 0.25) is 0 Å². The highest BCUT2D eigenvalue weighted by Crippen LogP contribution is 2.27. The van der Waals surface area contributed by atoms with Gasteiger partial charge in [0, 0.05) is 25.8 Å². The minimum Gasteiger partial charge on any atom is -0.393 e. The number of aromatic nitrogens is 1. The zero-order valence-electron chi connectivity index (χ0n) is 12.0. The van der Waals surface area contributed by atoms with Crippen molar-refractivity contribution in [2.24, 2.45) is 5.92 Å². The third-order valence-corrected chi connectivity index (χ3v) is 3.61. The van der Waals surface area contributed by atoms with Crippen LogP contribution in [0.15, 0.2) is 18.3 Å². The van der Waals surface area contributed by atoms with Crippen LogP contribution < -0.4 is 5.32 Å². The molecule has 2 N–H and O–H groups in total. The van der Waals surface area contributed by atoms with Crippen molar-refractivity contribution < 1.29 is 5.11 Å². The lowest BCUT2D eigenvalue weighted by molar-refractivity contribution is 0.0274. The average Bonchev–Trinajstić information content (AvgIpc) is 2.36. The Morgan fingerprint density at radius 2 is 2.21 bits per heavy atom. The lowest BCUT2D eigenvalue weighted by Gasteiger charge is -2.34. The van der Waals surface area contributed by atoms with Gasteiger partial charge in [-0.3, -0.25) is 0 Å². The summed E-state index contributed by atoms with van der Waals surface area (Å²) in [4.78, 5) is 6.73. The van der Waals surface area contributed by atoms with E-state index in [1.807, 2.05) is 12.3 Å². The molecule has 1 aromatic rings. The average molecular weight is 263 g/mol. The number of nitrogens with zero attached hydrogens (tertiary/aromatic N) is 2. The maximum Gasteiger partial charge on any atom is 0.125 e. The van der Waals surface area contributed by atoms with Gasteiger partial charge < -0.3 is 15.3 Å². The van der Waals surface area contributed by atoms with Crippen molar-refractivity contribution >= 4 is 5.82 Å². The number of aliphatic hydroxyl groups is 1. The van der Waals surface area contributed by atoms with Crippen LogP contribution >= 0.6 is 0 Å². The van der Waals surface area contributed by atoms with Gasteiger partial charge in [0.25, 0.3) is 0 Å². The molecule has 0 radical (unpaired) electrons. The summed E-state index contributed by atoms with van der Waals surface area (Å²) in [5.41, 5.74) is 1.24. The fourth-order valence-electron chi connectivity index (χ4n) is 2.54. The Balaban J connectivity index is 1.75. The minimum atomic E-state index is -0.0519. The Bertz CT molecular complexity index is 373. The normalized spacial score (nSPS) is 22.3. The largest absolute Gasteiger partial charge is 0.393 e. The highest BCUT2D eigenvalue weighted by molar-refractivity contribution is 5.35. The molecule has 2 rings (SSSR count). The monoisotopic (exact) mass is 263 g/mol. The van der Waals surface area contributed by atoms with E-state index in [1.165, 1.54) is 5.56 Å². The molecule has 4 nitrogen and oxygen atoms in total. The van der Waals surface area contributed by atoms with Gasteiger partial charge in [-0.05, 0) is 43.9 Å². The van der Waals surface area contributed by atoms with Crippen LogP contribution in [0.4, 0.5) is 5.82 Å². The lowest BCUT2D eigenvalue weighted by Crippen LogP contribution is -2.36. The summed E-state index contributed by atoms with van der Waals surface area (Å²) in [5.74, 6) is 1.62. The summed E-state index contributed by atoms with van der Waals surface area (Å²) in [5, 5.41) is 12.6. The minimum absolute atomic E-state index is 0.0519. The zero-order chi connectivity index (χ0) is 13.7. The number of aliphatic hydroxyl groups excluding tert-OH is 1. The van der Waals surface area contributed by atoms with E-state index in [4.69, 9.17) is 0 Å². The Labute approximate surface area is 115 Å². The first-order chi connectivity index (χ1) is 9.17. The molecule has 1 aliphatic carbocycles. The summed E-state index contributed by atoms with van der Waals surface area (Å²) >= 11 is 0. The van der Waals surface area contributed by atoms with Crippen LogP contribution in [0.5, 0.6) is 0 Å². The highest BCUT2D eigenvalue weighted by atomic mass is 16.3. The molecule has 1 aromatic heterocycles. The molecule has 0 bridgehead atoms. The topological polar surface area (TPSA) is 48.4 Å². The molecule has 106 valence electrons. The van der Waals surface area contributed by atoms with Crippen LogP contribution in [-0.2, 0) is 6.54 Å². The molecule has 0 amide bonds. The predicted molar refractivity (Wildman–Crippen MR) is 78.1 cm³/mol. The molecule has 0 spiro atoms. The number of pyridine rings is 1. The fraction of sp³-hybridized carbons (Fsp3) is 0.667. The van der Waals surface area contributed by atoms with Gasteiger partial charge in [0.1, 0.15) is 5.82 Å². The van der Waals surface area contributed by atoms with E-state index >= 15 is 0 Å². The van der Waals surface area contributed by atoms with Gasteiger partial charge in [-0.2, -0.15) is 0 Å². The van der Waals surface area contributed by atoms with Crippen LogP contribution in [0.1, 0.15) is 31.7 Å². The lowest BCUT2D eigenvalue weighted by atomic mass is 9.82. The molecule has 0 unspecified atom stereocenters. The standard InChI is InChI=1S/C15H25N3O/c1-3-6-16-15-5-4-12(9-17-15)10-18(2)11-13-7-14(19)8-13/h4-5,9,13-14,19H,3,6-8,10-11H2,1-2H3,(H,16,17). The third kappa shape index (κ3) is 4.48. The summed E-state index contributed by atoms with van der Waals surface area (Å²) in [6.45, 7) is 5.10. The summed E-state index contributed by atoms with van der Waals surface area (Å²) < 4.78 is 0. The third-order valence-electron chi connectivity index (χ3n) is 3.61. The van der Waals surface area contributed by atoms with Crippen LogP contribution in [0.25, 0.3) is 0 Å². The molecule has 1 saturated carbocycles. The molecule has 0 aliphatic heterocycles. The highest BCUT2D eigenvalue weighted by Gasteiger charge is 2.27. The number of hydrogen-bond acceptors (Lipinski definition) is 4. The second kappa shape index (κ2) is 6.87. The first-order valence-corrected chi connectivity index (χ1v) is 7.22. The maximum absolute atomic E-state index is 9.29. The quantitative estimate of drug-likeness (QED) is 0.791. The first-order valence-electron chi connectivity index (χ1n) is 7.22. The van der Waals surface area contributed by atoms with Crippen molar-refractivity contribution in [3.8, 4) is 0 Å². The molecule has 4 heteroatoms. The van der Waals surface area contributed by atoms with Crippen molar-refractivity contribution in [1.29, 1.82) is 0 Å². The van der Waals surface area contributed by atoms with E-state index in [0.29, 0.717) is 5.92 Å². The van der Waals surface area contributed by atoms with Crippen molar-refractivity contribution in [3.05, 3.63) is 23.9 Å². The van der Waals surface area contributed by atoms with Crippen molar-refractivity contribution in [1.82, 2.24) is 9.88 Å². The second-order valence-electron chi connectivity index (χ2n) is 5.67. The van der Waals surface area contributed by atoms with Gasteiger partial charge in [-0.25, -0.2) is 4.98 Å². The molecule has 0 aromatic carbocycles. The zero-order valence-corrected chi connectivity index (χ0v) is 12.0. The molecule has 1 aliphatic rings. The van der Waals surface area contributed by atoms with Crippen molar-refractivity contribution in [2.45, 2.75) is 38.8 Å². The number of rotatable bonds is 7. The van der Waals surface area contributed by atoms with E-state index in [9.17, 15) is 5.11 Å². The smallest absolute Gasteiger partial charge is 0.125 e. The summed E-state index contributed by atoms with van der Waals surface area (Å²) in [6, 6.07) is 4.18. The van der Waals surface area contributed by atoms with E-state index in [2.05, 4.69) is 35.2 Å². The van der Waals surface area contributed by atoms with E-state index in [-0.39, 0.29) is 6.10 Å². The molecular formula is C15H25N3O. The van der Waals surface area contributed by atoms with Crippen molar-refractivity contribution in [2.75, 3.05) is 25.5 Å². The maximum atomic E-state index is 9.29. The van der Waals surface area contributed by atoms with Crippen molar-refractivity contribution in [3.63, 3.8) is 0 Å². The molecule has 19 heavy (non-hydrogen) atoms. The number of anilines is 1. The Kier molecular flexibility index (Phi) is 5.16. The number of nitrogens with one attached hydrogen (secondary N) is 1. The van der Waals surface area contributed by atoms with Gasteiger partial charge >= 0.3 is 0 Å².